The van der Waals surface area contributed by atoms with Crippen LogP contribution in [0.4, 0.5) is 5.82 Å². The maximum Gasteiger partial charge on any atom is 0.274 e. The summed E-state index contributed by atoms with van der Waals surface area (Å²) in [6, 6.07) is 16.5. The number of aromatic nitrogens is 4. The van der Waals surface area contributed by atoms with Crippen molar-refractivity contribution in [3.05, 3.63) is 88.6 Å². The van der Waals surface area contributed by atoms with Gasteiger partial charge in [-0.05, 0) is 44.5 Å². The van der Waals surface area contributed by atoms with Gasteiger partial charge >= 0.3 is 0 Å². The number of carbonyl (C=O) groups excluding carboxylic acids is 1. The molecule has 0 fully saturated rings. The average Bonchev–Trinajstić information content (AvgIpc) is 2.79. The molecule has 8 heteroatoms. The Balaban J connectivity index is 1.80. The molecule has 0 aliphatic carbocycles. The van der Waals surface area contributed by atoms with E-state index in [0.29, 0.717) is 22.1 Å². The number of benzene rings is 1. The van der Waals surface area contributed by atoms with Crippen LogP contribution in [0.5, 0.6) is 0 Å². The van der Waals surface area contributed by atoms with Crippen molar-refractivity contribution in [2.24, 2.45) is 0 Å². The van der Waals surface area contributed by atoms with Crippen LogP contribution in [0.25, 0.3) is 22.5 Å². The predicted octanol–water partition coefficient (Wildman–Crippen LogP) is 4.94. The number of hydrogen-bond donors (Lipinski definition) is 2. The Hall–Kier alpha value is -3.84. The minimum atomic E-state index is -0.435. The average molecular weight is 459 g/mol. The largest absolute Gasteiger partial charge is 0.382 e. The number of carbonyl (C=O) groups is 1. The van der Waals surface area contributed by atoms with Gasteiger partial charge in [0, 0.05) is 23.0 Å². The van der Waals surface area contributed by atoms with E-state index in [1.165, 1.54) is 0 Å². The van der Waals surface area contributed by atoms with E-state index in [1.807, 2.05) is 69.3 Å². The molecule has 1 amide bonds. The molecule has 0 radical (unpaired) electrons. The van der Waals surface area contributed by atoms with Gasteiger partial charge < -0.3 is 11.1 Å². The summed E-state index contributed by atoms with van der Waals surface area (Å²) in [5.74, 6) is -0.396. The van der Waals surface area contributed by atoms with E-state index >= 15 is 0 Å². The van der Waals surface area contributed by atoms with E-state index in [9.17, 15) is 4.79 Å². The maximum atomic E-state index is 13.2. The van der Waals surface area contributed by atoms with Gasteiger partial charge in [-0.2, -0.15) is 0 Å². The van der Waals surface area contributed by atoms with E-state index < -0.39 is 5.91 Å². The van der Waals surface area contributed by atoms with Gasteiger partial charge in [0.1, 0.15) is 5.15 Å². The lowest BCUT2D eigenvalue weighted by Crippen LogP contribution is -2.29. The Labute approximate surface area is 197 Å². The number of aryl methyl sites for hydroxylation is 2. The lowest BCUT2D eigenvalue weighted by Gasteiger charge is -2.17. The van der Waals surface area contributed by atoms with Crippen LogP contribution >= 0.6 is 11.6 Å². The summed E-state index contributed by atoms with van der Waals surface area (Å²) in [7, 11) is 0. The summed E-state index contributed by atoms with van der Waals surface area (Å²) in [4.78, 5) is 31.0. The van der Waals surface area contributed by atoms with Crippen LogP contribution in [0, 0.1) is 13.8 Å². The highest BCUT2D eigenvalue weighted by Gasteiger charge is 2.22. The Bertz CT molecular complexity index is 1310. The highest BCUT2D eigenvalue weighted by molar-refractivity contribution is 6.29. The molecule has 1 atom stereocenters. The summed E-state index contributed by atoms with van der Waals surface area (Å²) in [6.45, 7) is 5.65. The molecule has 0 aliphatic heterocycles. The monoisotopic (exact) mass is 458 g/mol. The number of pyridine rings is 2. The van der Waals surface area contributed by atoms with Crippen molar-refractivity contribution in [3.8, 4) is 22.5 Å². The molecule has 0 bridgehead atoms. The second-order valence-electron chi connectivity index (χ2n) is 7.74. The number of nitrogens with two attached hydrogens (primary N) is 1. The number of amides is 1. The van der Waals surface area contributed by atoms with Gasteiger partial charge in [-0.15, -0.1) is 0 Å². The number of nitrogens with zero attached hydrogens (tertiary/aromatic N) is 4. The third-order valence-electron chi connectivity index (χ3n) is 5.19. The van der Waals surface area contributed by atoms with Crippen LogP contribution in [0.2, 0.25) is 5.15 Å². The van der Waals surface area contributed by atoms with Crippen LogP contribution in [0.3, 0.4) is 0 Å². The third-order valence-corrected chi connectivity index (χ3v) is 5.38. The van der Waals surface area contributed by atoms with Gasteiger partial charge in [-0.1, -0.05) is 48.0 Å². The molecular weight excluding hydrogens is 436 g/mol. The molecule has 33 heavy (non-hydrogen) atoms. The van der Waals surface area contributed by atoms with E-state index in [0.717, 1.165) is 22.5 Å². The Morgan fingerprint density at radius 1 is 0.970 bits per heavy atom. The van der Waals surface area contributed by atoms with Gasteiger partial charge in [0.25, 0.3) is 5.91 Å². The fourth-order valence-electron chi connectivity index (χ4n) is 3.66. The number of halogens is 1. The van der Waals surface area contributed by atoms with Crippen molar-refractivity contribution in [3.63, 3.8) is 0 Å². The molecule has 0 spiro atoms. The molecule has 4 aromatic rings. The minimum Gasteiger partial charge on any atom is -0.382 e. The van der Waals surface area contributed by atoms with Crippen LogP contribution in [-0.4, -0.2) is 25.8 Å². The van der Waals surface area contributed by atoms with Gasteiger partial charge in [0.15, 0.2) is 11.5 Å². The quantitative estimate of drug-likeness (QED) is 0.410. The zero-order chi connectivity index (χ0) is 23.5. The number of nitrogen functional groups attached to an aromatic ring is 1. The van der Waals surface area contributed by atoms with Crippen molar-refractivity contribution in [1.82, 2.24) is 25.3 Å². The fourth-order valence-corrected chi connectivity index (χ4v) is 3.91. The van der Waals surface area contributed by atoms with E-state index in [2.05, 4.69) is 25.3 Å². The predicted molar refractivity (Wildman–Crippen MR) is 130 cm³/mol. The molecule has 3 heterocycles. The minimum absolute atomic E-state index is 0.0377. The summed E-state index contributed by atoms with van der Waals surface area (Å²) in [5.41, 5.74) is 11.3. The number of nitrogens with one attached hydrogen (secondary N) is 1. The molecule has 1 unspecified atom stereocenters. The standard InChI is InChI=1S/C25H23ClN6O/c1-14-8-7-11-28-20(14)16(3)30-25(33)23-24(27)32-21(17-9-5-4-6-10-17)22(31-23)18-12-15(2)29-19(26)13-18/h4-13,16H,1-3H3,(H2,27,32)(H,30,33). The summed E-state index contributed by atoms with van der Waals surface area (Å²) < 4.78 is 0. The smallest absolute Gasteiger partial charge is 0.274 e. The molecule has 7 nitrogen and oxygen atoms in total. The SMILES string of the molecule is Cc1cc(-c2nc(C(=O)NC(C)c3ncccc3C)c(N)nc2-c2ccccc2)cc(Cl)n1. The molecule has 0 saturated carbocycles. The first-order chi connectivity index (χ1) is 15.8. The van der Waals surface area contributed by atoms with E-state index in [4.69, 9.17) is 17.3 Å². The van der Waals surface area contributed by atoms with Crippen molar-refractivity contribution < 1.29 is 4.79 Å². The van der Waals surface area contributed by atoms with Gasteiger partial charge in [-0.25, -0.2) is 15.0 Å². The van der Waals surface area contributed by atoms with Gasteiger partial charge in [0.2, 0.25) is 0 Å². The van der Waals surface area contributed by atoms with Crippen LogP contribution < -0.4 is 11.1 Å². The third kappa shape index (κ3) is 4.83. The normalized spacial score (nSPS) is 11.8. The molecule has 1 aromatic carbocycles. The fraction of sp³-hybridized carbons (Fsp3) is 0.160. The summed E-state index contributed by atoms with van der Waals surface area (Å²) in [5, 5.41) is 3.26. The first-order valence-corrected chi connectivity index (χ1v) is 10.8. The molecule has 3 aromatic heterocycles. The molecule has 0 aliphatic rings. The van der Waals surface area contributed by atoms with Crippen molar-refractivity contribution in [2.75, 3.05) is 5.73 Å². The number of rotatable bonds is 5. The summed E-state index contributed by atoms with van der Waals surface area (Å²) in [6.07, 6.45) is 1.70. The summed E-state index contributed by atoms with van der Waals surface area (Å²) >= 11 is 6.21. The van der Waals surface area contributed by atoms with Crippen LogP contribution in [-0.2, 0) is 0 Å². The Kier molecular flexibility index (Phi) is 6.33. The highest BCUT2D eigenvalue weighted by Crippen LogP contribution is 2.32. The van der Waals surface area contributed by atoms with Crippen LogP contribution in [0.1, 0.15) is 40.4 Å². The molecule has 0 saturated heterocycles. The van der Waals surface area contributed by atoms with E-state index in [-0.39, 0.29) is 17.6 Å². The lowest BCUT2D eigenvalue weighted by molar-refractivity contribution is 0.0935. The molecule has 3 N–H and O–H groups in total. The molecule has 166 valence electrons. The first kappa shape index (κ1) is 22.4. The topological polar surface area (TPSA) is 107 Å². The number of hydrogen-bond acceptors (Lipinski definition) is 6. The maximum absolute atomic E-state index is 13.2. The second-order valence-corrected chi connectivity index (χ2v) is 8.13. The Morgan fingerprint density at radius 3 is 2.39 bits per heavy atom. The van der Waals surface area contributed by atoms with Crippen LogP contribution in [0.15, 0.2) is 60.8 Å². The van der Waals surface area contributed by atoms with Gasteiger partial charge in [0.05, 0.1) is 23.1 Å². The van der Waals surface area contributed by atoms with Crippen molar-refractivity contribution >= 4 is 23.3 Å². The highest BCUT2D eigenvalue weighted by atomic mass is 35.5. The van der Waals surface area contributed by atoms with Crippen molar-refractivity contribution in [1.29, 1.82) is 0 Å². The number of anilines is 1. The van der Waals surface area contributed by atoms with E-state index in [1.54, 1.807) is 12.3 Å². The Morgan fingerprint density at radius 2 is 1.70 bits per heavy atom. The van der Waals surface area contributed by atoms with Crippen molar-refractivity contribution in [2.45, 2.75) is 26.8 Å². The first-order valence-electron chi connectivity index (χ1n) is 10.4. The lowest BCUT2D eigenvalue weighted by atomic mass is 10.0. The molecule has 4 rings (SSSR count). The molecular formula is C25H23ClN6O. The second kappa shape index (κ2) is 9.34. The van der Waals surface area contributed by atoms with Gasteiger partial charge in [-0.3, -0.25) is 9.78 Å². The zero-order valence-corrected chi connectivity index (χ0v) is 19.3. The zero-order valence-electron chi connectivity index (χ0n) is 18.5.